The van der Waals surface area contributed by atoms with Gasteiger partial charge < -0.3 is 4.74 Å². The van der Waals surface area contributed by atoms with Crippen LogP contribution in [0, 0.1) is 0 Å². The van der Waals surface area contributed by atoms with E-state index in [9.17, 15) is 4.79 Å². The lowest BCUT2D eigenvalue weighted by Crippen LogP contribution is -2.09. The van der Waals surface area contributed by atoms with Gasteiger partial charge in [0.25, 0.3) is 0 Å². The molecule has 0 N–H and O–H groups in total. The lowest BCUT2D eigenvalue weighted by molar-refractivity contribution is 0.0459. The van der Waals surface area contributed by atoms with Crippen LogP contribution in [-0.2, 0) is 24.2 Å². The van der Waals surface area contributed by atoms with Gasteiger partial charge in [-0.25, -0.2) is 9.48 Å². The third kappa shape index (κ3) is 2.70. The van der Waals surface area contributed by atoms with Gasteiger partial charge >= 0.3 is 5.97 Å². The fourth-order valence-electron chi connectivity index (χ4n) is 2.87. The van der Waals surface area contributed by atoms with Crippen LogP contribution >= 0.6 is 23.1 Å². The van der Waals surface area contributed by atoms with E-state index in [1.54, 1.807) is 0 Å². The average molecular weight is 361 g/mol. The molecule has 0 radical (unpaired) electrons. The molecule has 122 valence electrons. The van der Waals surface area contributed by atoms with Crippen LogP contribution in [0.2, 0.25) is 4.34 Å². The van der Waals surface area contributed by atoms with E-state index in [0.717, 1.165) is 47.7 Å². The normalized spacial score (nSPS) is 13.0. The Kier molecular flexibility index (Phi) is 4.03. The van der Waals surface area contributed by atoms with Crippen LogP contribution in [-0.4, -0.2) is 25.3 Å². The molecule has 0 saturated carbocycles. The van der Waals surface area contributed by atoms with Crippen molar-refractivity contribution < 1.29 is 9.53 Å². The minimum Gasteiger partial charge on any atom is -0.454 e. The Labute approximate surface area is 147 Å². The first kappa shape index (κ1) is 15.3. The largest absolute Gasteiger partial charge is 0.454 e. The number of fused-ring (bicyclic) bond motifs is 1. The summed E-state index contributed by atoms with van der Waals surface area (Å²) in [7, 11) is 0. The molecule has 0 aliphatic heterocycles. The number of nitrogens with zero attached hydrogens (tertiary/aromatic N) is 4. The lowest BCUT2D eigenvalue weighted by atomic mass is 10.2. The molecule has 0 bridgehead atoms. The highest BCUT2D eigenvalue weighted by atomic mass is 35.5. The number of carbonyl (C=O) groups excluding carboxylic acids is 1. The van der Waals surface area contributed by atoms with Crippen molar-refractivity contribution in [3.63, 3.8) is 0 Å². The van der Waals surface area contributed by atoms with Gasteiger partial charge in [-0.05, 0) is 31.4 Å². The molecule has 0 atom stereocenters. The Morgan fingerprint density at radius 2 is 2.12 bits per heavy atom. The maximum atomic E-state index is 12.5. The molecule has 1 aromatic carbocycles. The fraction of sp³-hybridized carbons (Fsp3) is 0.250. The van der Waals surface area contributed by atoms with Crippen LogP contribution in [0.3, 0.4) is 0 Å². The molecule has 3 aromatic rings. The number of hydrogen-bond donors (Lipinski definition) is 0. The smallest absolute Gasteiger partial charge is 0.359 e. The van der Waals surface area contributed by atoms with E-state index in [-0.39, 0.29) is 6.61 Å². The van der Waals surface area contributed by atoms with Crippen LogP contribution < -0.4 is 0 Å². The third-order valence-corrected chi connectivity index (χ3v) is 4.96. The van der Waals surface area contributed by atoms with Crippen molar-refractivity contribution in [2.24, 2.45) is 0 Å². The van der Waals surface area contributed by atoms with Crippen molar-refractivity contribution in [1.82, 2.24) is 19.4 Å². The summed E-state index contributed by atoms with van der Waals surface area (Å²) >= 11 is 7.00. The zero-order chi connectivity index (χ0) is 16.5. The van der Waals surface area contributed by atoms with E-state index < -0.39 is 5.97 Å². The number of carbonyl (C=O) groups is 1. The van der Waals surface area contributed by atoms with Crippen molar-refractivity contribution in [1.29, 1.82) is 0 Å². The highest BCUT2D eigenvalue weighted by Crippen LogP contribution is 2.28. The van der Waals surface area contributed by atoms with Gasteiger partial charge in [0.05, 0.1) is 5.69 Å². The van der Waals surface area contributed by atoms with Crippen molar-refractivity contribution in [3.05, 3.63) is 57.3 Å². The third-order valence-electron chi connectivity index (χ3n) is 3.97. The monoisotopic (exact) mass is 360 g/mol. The molecule has 0 saturated heterocycles. The molecule has 2 aromatic heterocycles. The molecule has 1 aliphatic rings. The second-order valence-electron chi connectivity index (χ2n) is 5.44. The number of aromatic nitrogens is 4. The first-order valence-electron chi connectivity index (χ1n) is 7.54. The zero-order valence-corrected chi connectivity index (χ0v) is 14.2. The summed E-state index contributed by atoms with van der Waals surface area (Å²) in [6.07, 6.45) is 2.76. The van der Waals surface area contributed by atoms with E-state index >= 15 is 0 Å². The van der Waals surface area contributed by atoms with E-state index in [1.807, 2.05) is 35.0 Å². The van der Waals surface area contributed by atoms with Crippen LogP contribution in [0.5, 0.6) is 0 Å². The number of para-hydroxylation sites is 1. The highest BCUT2D eigenvalue weighted by molar-refractivity contribution is 7.10. The minimum absolute atomic E-state index is 0.00113. The quantitative estimate of drug-likeness (QED) is 0.668. The maximum absolute atomic E-state index is 12.5. The first-order valence-corrected chi connectivity index (χ1v) is 8.69. The van der Waals surface area contributed by atoms with E-state index in [0.29, 0.717) is 15.7 Å². The van der Waals surface area contributed by atoms with Crippen molar-refractivity contribution in [2.75, 3.05) is 0 Å². The number of rotatable bonds is 4. The number of benzene rings is 1. The predicted octanol–water partition coefficient (Wildman–Crippen LogP) is 3.22. The van der Waals surface area contributed by atoms with Crippen LogP contribution in [0.25, 0.3) is 5.69 Å². The number of esters is 1. The second-order valence-corrected chi connectivity index (χ2v) is 6.80. The summed E-state index contributed by atoms with van der Waals surface area (Å²) in [4.78, 5) is 12.5. The Morgan fingerprint density at radius 3 is 2.88 bits per heavy atom. The Hall–Kier alpha value is -2.25. The average Bonchev–Trinajstić information content (AvgIpc) is 3.30. The van der Waals surface area contributed by atoms with Crippen molar-refractivity contribution >= 4 is 29.1 Å². The summed E-state index contributed by atoms with van der Waals surface area (Å²) in [5.41, 5.74) is 3.86. The van der Waals surface area contributed by atoms with E-state index in [4.69, 9.17) is 16.3 Å². The van der Waals surface area contributed by atoms with Crippen LogP contribution in [0.4, 0.5) is 0 Å². The van der Waals surface area contributed by atoms with Crippen LogP contribution in [0.1, 0.15) is 33.9 Å². The van der Waals surface area contributed by atoms with E-state index in [1.165, 1.54) is 0 Å². The van der Waals surface area contributed by atoms with Gasteiger partial charge in [-0.15, -0.1) is 5.10 Å². The van der Waals surface area contributed by atoms with Gasteiger partial charge in [0.15, 0.2) is 5.69 Å². The van der Waals surface area contributed by atoms with Crippen molar-refractivity contribution in [3.8, 4) is 5.69 Å². The van der Waals surface area contributed by atoms with Crippen molar-refractivity contribution in [2.45, 2.75) is 25.9 Å². The molecule has 0 fully saturated rings. The van der Waals surface area contributed by atoms with Gasteiger partial charge in [-0.2, -0.15) is 5.10 Å². The Balaban J connectivity index is 1.62. The van der Waals surface area contributed by atoms with Gasteiger partial charge in [0.1, 0.15) is 16.6 Å². The lowest BCUT2D eigenvalue weighted by Gasteiger charge is -2.04. The minimum atomic E-state index is -0.452. The summed E-state index contributed by atoms with van der Waals surface area (Å²) in [5, 5.41) is 8.34. The molecule has 2 heterocycles. The number of ether oxygens (including phenoxy) is 1. The first-order chi connectivity index (χ1) is 11.7. The molecule has 24 heavy (non-hydrogen) atoms. The highest BCUT2D eigenvalue weighted by Gasteiger charge is 2.28. The van der Waals surface area contributed by atoms with E-state index in [2.05, 4.69) is 14.7 Å². The fourth-order valence-corrected chi connectivity index (χ4v) is 3.47. The Bertz CT molecular complexity index is 891. The maximum Gasteiger partial charge on any atom is 0.359 e. The SMILES string of the molecule is O=C(OCc1nnsc1Cl)c1nn(-c2ccccc2)c2c1CCC2. The Morgan fingerprint density at radius 1 is 1.29 bits per heavy atom. The molecule has 1 aliphatic carbocycles. The second kappa shape index (κ2) is 6.33. The number of hydrogen-bond acceptors (Lipinski definition) is 6. The zero-order valence-electron chi connectivity index (χ0n) is 12.6. The summed E-state index contributed by atoms with van der Waals surface area (Å²) in [6.45, 7) is 0.00113. The predicted molar refractivity (Wildman–Crippen MR) is 89.6 cm³/mol. The molecule has 6 nitrogen and oxygen atoms in total. The molecular formula is C16H13ClN4O2S. The molecular weight excluding hydrogens is 348 g/mol. The summed E-state index contributed by atoms with van der Waals surface area (Å²) in [6, 6.07) is 9.80. The molecule has 0 amide bonds. The molecule has 0 spiro atoms. The standard InChI is InChI=1S/C16H13ClN4O2S/c17-15-12(18-20-24-15)9-23-16(22)14-11-7-4-8-13(11)21(19-14)10-5-2-1-3-6-10/h1-3,5-6H,4,7-9H2. The number of halogens is 1. The van der Waals surface area contributed by atoms with Gasteiger partial charge in [-0.3, -0.25) is 0 Å². The molecule has 0 unspecified atom stereocenters. The molecule has 4 rings (SSSR count). The summed E-state index contributed by atoms with van der Waals surface area (Å²) in [5.74, 6) is -0.452. The molecule has 8 heteroatoms. The van der Waals surface area contributed by atoms with Gasteiger partial charge in [0, 0.05) is 22.8 Å². The van der Waals surface area contributed by atoms with Gasteiger partial charge in [-0.1, -0.05) is 34.3 Å². The summed E-state index contributed by atoms with van der Waals surface area (Å²) < 4.78 is 11.3. The topological polar surface area (TPSA) is 69.9 Å². The van der Waals surface area contributed by atoms with Gasteiger partial charge in [0.2, 0.25) is 0 Å². The van der Waals surface area contributed by atoms with Crippen LogP contribution in [0.15, 0.2) is 30.3 Å².